The highest BCUT2D eigenvalue weighted by Gasteiger charge is 2.75. The Labute approximate surface area is 234 Å². The highest BCUT2D eigenvalue weighted by atomic mass is 16.7. The molecule has 3 fully saturated rings. The summed E-state index contributed by atoms with van der Waals surface area (Å²) in [4.78, 5) is 29.4. The van der Waals surface area contributed by atoms with E-state index in [1.54, 1.807) is 6.07 Å². The zero-order valence-corrected chi connectivity index (χ0v) is 22.7. The zero-order valence-electron chi connectivity index (χ0n) is 22.7. The van der Waals surface area contributed by atoms with Gasteiger partial charge in [0.05, 0.1) is 18.1 Å². The molecule has 2 saturated carbocycles. The number of rotatable bonds is 6. The predicted molar refractivity (Wildman–Crippen MR) is 147 cm³/mol. The van der Waals surface area contributed by atoms with Crippen LogP contribution in [0.3, 0.4) is 0 Å². The summed E-state index contributed by atoms with van der Waals surface area (Å²) >= 11 is 0. The van der Waals surface area contributed by atoms with Crippen LogP contribution in [0.4, 0.5) is 4.79 Å². The fourth-order valence-electron chi connectivity index (χ4n) is 8.58. The molecule has 0 aromatic heterocycles. The lowest BCUT2D eigenvalue weighted by atomic mass is 9.48. The number of fused-ring (bicyclic) bond motifs is 1. The van der Waals surface area contributed by atoms with Crippen molar-refractivity contribution < 1.29 is 28.9 Å². The van der Waals surface area contributed by atoms with Gasteiger partial charge in [-0.3, -0.25) is 9.69 Å². The number of nitrogens with zero attached hydrogens (tertiary/aromatic N) is 1. The van der Waals surface area contributed by atoms with Gasteiger partial charge in [0, 0.05) is 24.9 Å². The predicted octanol–water partition coefficient (Wildman–Crippen LogP) is 4.80. The molecule has 2 bridgehead atoms. The van der Waals surface area contributed by atoms with Crippen molar-refractivity contribution >= 4 is 11.9 Å². The van der Waals surface area contributed by atoms with Crippen LogP contribution in [0.2, 0.25) is 0 Å². The van der Waals surface area contributed by atoms with Gasteiger partial charge >= 0.3 is 6.16 Å². The number of aromatic hydroxyl groups is 1. The third-order valence-corrected chi connectivity index (χ3v) is 10.6. The van der Waals surface area contributed by atoms with Crippen LogP contribution in [0.1, 0.15) is 60.8 Å². The van der Waals surface area contributed by atoms with E-state index < -0.39 is 23.3 Å². The van der Waals surface area contributed by atoms with E-state index in [1.165, 1.54) is 29.5 Å². The van der Waals surface area contributed by atoms with E-state index in [0.29, 0.717) is 37.4 Å². The highest BCUT2D eigenvalue weighted by Crippen LogP contribution is 2.66. The number of Topliss-reactive ketones (excluding diaryl/α,β-unsaturated/α-hetero) is 1. The fourth-order valence-corrected chi connectivity index (χ4v) is 8.58. The van der Waals surface area contributed by atoms with Crippen LogP contribution >= 0.6 is 0 Å². The lowest BCUT2D eigenvalue weighted by molar-refractivity contribution is -0.196. The molecule has 2 aromatic carbocycles. The molecule has 1 spiro atoms. The van der Waals surface area contributed by atoms with Gasteiger partial charge in [-0.25, -0.2) is 4.79 Å². The first-order valence-electron chi connectivity index (χ1n) is 14.9. The maximum absolute atomic E-state index is 13.5. The number of carbonyl (C=O) groups is 2. The Morgan fingerprint density at radius 2 is 1.95 bits per heavy atom. The summed E-state index contributed by atoms with van der Waals surface area (Å²) in [6.07, 6.45) is 7.83. The van der Waals surface area contributed by atoms with Crippen LogP contribution in [0.5, 0.6) is 11.5 Å². The number of phenols is 1. The molecule has 4 atom stereocenters. The van der Waals surface area contributed by atoms with Crippen molar-refractivity contribution in [2.24, 2.45) is 5.92 Å². The summed E-state index contributed by atoms with van der Waals surface area (Å²) in [5.41, 5.74) is 4.20. The summed E-state index contributed by atoms with van der Waals surface area (Å²) in [6.45, 7) is 2.06. The minimum absolute atomic E-state index is 0.0231. The summed E-state index contributed by atoms with van der Waals surface area (Å²) in [7, 11) is 0. The molecule has 7 nitrogen and oxygen atoms in total. The number of phenolic OH excluding ortho intramolecular Hbond substituents is 1. The maximum Gasteiger partial charge on any atom is 0.508 e. The Morgan fingerprint density at radius 1 is 1.10 bits per heavy atom. The van der Waals surface area contributed by atoms with Crippen molar-refractivity contribution in [2.45, 2.75) is 80.9 Å². The van der Waals surface area contributed by atoms with Crippen molar-refractivity contribution in [1.82, 2.24) is 4.90 Å². The molecule has 0 amide bonds. The molecular formula is C33H35NO6. The first-order valence-corrected chi connectivity index (χ1v) is 14.9. The van der Waals surface area contributed by atoms with Gasteiger partial charge in [-0.15, -0.1) is 0 Å². The van der Waals surface area contributed by atoms with Gasteiger partial charge < -0.3 is 19.3 Å². The average molecular weight is 542 g/mol. The number of benzene rings is 2. The van der Waals surface area contributed by atoms with Crippen LogP contribution in [0.25, 0.3) is 0 Å². The number of piperidine rings is 1. The summed E-state index contributed by atoms with van der Waals surface area (Å²) in [6, 6.07) is 12.1. The third-order valence-electron chi connectivity index (χ3n) is 10.6. The lowest BCUT2D eigenvalue weighted by Crippen LogP contribution is -2.77. The molecule has 208 valence electrons. The van der Waals surface area contributed by atoms with Crippen molar-refractivity contribution in [3.63, 3.8) is 0 Å². The number of hydrogen-bond donors (Lipinski definition) is 1. The Balaban J connectivity index is 1.08. The maximum atomic E-state index is 13.5. The van der Waals surface area contributed by atoms with E-state index >= 15 is 0 Å². The third kappa shape index (κ3) is 3.46. The SMILES string of the molecule is O=C(OCCC1=CCc2ccccc2C1)OC12CCC(=O)C3Oc4c(O)ccc5c4C31CCN(CC1CC1)C2C5. The van der Waals surface area contributed by atoms with Gasteiger partial charge in [0.2, 0.25) is 0 Å². The molecule has 40 heavy (non-hydrogen) atoms. The highest BCUT2D eigenvalue weighted by molar-refractivity contribution is 5.90. The number of ketones is 1. The first kappa shape index (κ1) is 24.5. The monoisotopic (exact) mass is 541 g/mol. The van der Waals surface area contributed by atoms with E-state index in [9.17, 15) is 14.7 Å². The van der Waals surface area contributed by atoms with Crippen LogP contribution in [-0.4, -0.2) is 59.4 Å². The number of ether oxygens (including phenoxy) is 3. The topological polar surface area (TPSA) is 85.3 Å². The largest absolute Gasteiger partial charge is 0.508 e. The molecule has 2 aliphatic heterocycles. The molecule has 6 aliphatic rings. The van der Waals surface area contributed by atoms with Gasteiger partial charge in [0.1, 0.15) is 5.60 Å². The van der Waals surface area contributed by atoms with Crippen molar-refractivity contribution in [3.05, 3.63) is 70.3 Å². The first-order chi connectivity index (χ1) is 19.5. The fraction of sp³-hybridized carbons (Fsp3) is 0.515. The zero-order chi connectivity index (χ0) is 27.1. The number of hydrogen-bond acceptors (Lipinski definition) is 7. The molecule has 4 unspecified atom stereocenters. The second-order valence-corrected chi connectivity index (χ2v) is 12.6. The van der Waals surface area contributed by atoms with E-state index in [-0.39, 0.29) is 30.6 Å². The molecule has 2 aromatic rings. The molecular weight excluding hydrogens is 506 g/mol. The van der Waals surface area contributed by atoms with Crippen molar-refractivity contribution in [1.29, 1.82) is 0 Å². The molecule has 2 heterocycles. The molecule has 7 heteroatoms. The second kappa shape index (κ2) is 8.84. The quantitative estimate of drug-likeness (QED) is 0.415. The van der Waals surface area contributed by atoms with E-state index in [2.05, 4.69) is 35.2 Å². The summed E-state index contributed by atoms with van der Waals surface area (Å²) < 4.78 is 18.6. The lowest BCUT2D eigenvalue weighted by Gasteiger charge is -2.63. The Morgan fingerprint density at radius 3 is 2.80 bits per heavy atom. The summed E-state index contributed by atoms with van der Waals surface area (Å²) in [5.74, 6) is 1.16. The number of allylic oxidation sites excluding steroid dienone is 1. The Hall–Kier alpha value is -3.32. The van der Waals surface area contributed by atoms with Gasteiger partial charge in [-0.2, -0.15) is 0 Å². The van der Waals surface area contributed by atoms with Crippen molar-refractivity contribution in [2.75, 3.05) is 19.7 Å². The second-order valence-electron chi connectivity index (χ2n) is 12.6. The van der Waals surface area contributed by atoms with Gasteiger partial charge in [-0.1, -0.05) is 42.0 Å². The van der Waals surface area contributed by atoms with Crippen LogP contribution < -0.4 is 4.74 Å². The summed E-state index contributed by atoms with van der Waals surface area (Å²) in [5, 5.41) is 10.8. The number of carbonyl (C=O) groups excluding carboxylic acids is 2. The Bertz CT molecular complexity index is 1440. The minimum Gasteiger partial charge on any atom is -0.504 e. The van der Waals surface area contributed by atoms with Gasteiger partial charge in [-0.05, 0) is 80.2 Å². The van der Waals surface area contributed by atoms with Crippen LogP contribution in [0.15, 0.2) is 48.0 Å². The minimum atomic E-state index is -0.940. The molecule has 8 rings (SSSR count). The standard InChI is InChI=1S/C33H35NO6/c35-25-10-9-24-18-27-33(40-31(37)38-16-12-20-7-8-22-3-1-2-4-23(22)17-20)13-11-26(36)30-32(33,28(24)29(25)39-30)14-15-34(27)19-21-5-6-21/h1-4,7,9-10,21,27,30,35H,5-6,8,11-19H2. The molecule has 0 radical (unpaired) electrons. The smallest absolute Gasteiger partial charge is 0.504 e. The van der Waals surface area contributed by atoms with Crippen LogP contribution in [-0.2, 0) is 38.9 Å². The normalized spacial score (nSPS) is 31.5. The van der Waals surface area contributed by atoms with Gasteiger partial charge in [0.15, 0.2) is 23.4 Å². The molecule has 1 saturated heterocycles. The molecule has 4 aliphatic carbocycles. The average Bonchev–Trinajstić information content (AvgIpc) is 3.70. The van der Waals surface area contributed by atoms with E-state index in [1.807, 2.05) is 6.07 Å². The van der Waals surface area contributed by atoms with E-state index in [4.69, 9.17) is 14.2 Å². The number of likely N-dealkylation sites (tertiary alicyclic amines) is 1. The van der Waals surface area contributed by atoms with E-state index in [0.717, 1.165) is 37.1 Å². The van der Waals surface area contributed by atoms with Gasteiger partial charge in [0.25, 0.3) is 0 Å². The van der Waals surface area contributed by atoms with Crippen LogP contribution in [0, 0.1) is 5.92 Å². The molecule has 1 N–H and O–H groups in total. The van der Waals surface area contributed by atoms with Crippen molar-refractivity contribution in [3.8, 4) is 11.5 Å². The Kier molecular flexibility index (Phi) is 5.41.